The Bertz CT molecular complexity index is 502. The van der Waals surface area contributed by atoms with Crippen molar-refractivity contribution in [2.45, 2.75) is 25.7 Å². The van der Waals surface area contributed by atoms with Crippen LogP contribution in [-0.4, -0.2) is 11.7 Å². The summed E-state index contributed by atoms with van der Waals surface area (Å²) in [5.74, 6) is -0.159. The topological polar surface area (TPSA) is 20.2 Å². The van der Waals surface area contributed by atoms with E-state index in [1.165, 1.54) is 17.7 Å². The van der Waals surface area contributed by atoms with Crippen LogP contribution in [0, 0.1) is 5.82 Å². The van der Waals surface area contributed by atoms with E-state index < -0.39 is 0 Å². The summed E-state index contributed by atoms with van der Waals surface area (Å²) in [4.78, 5) is 0. The van der Waals surface area contributed by atoms with Crippen molar-refractivity contribution in [3.63, 3.8) is 0 Å². The van der Waals surface area contributed by atoms with E-state index in [4.69, 9.17) is 0 Å². The summed E-state index contributed by atoms with van der Waals surface area (Å²) in [6, 6.07) is 14.8. The smallest absolute Gasteiger partial charge is 0.123 e. The van der Waals surface area contributed by atoms with Crippen molar-refractivity contribution in [3.8, 4) is 0 Å². The lowest BCUT2D eigenvalue weighted by atomic mass is 9.92. The summed E-state index contributed by atoms with van der Waals surface area (Å²) < 4.78 is 12.9. The molecule has 0 heterocycles. The fourth-order valence-corrected chi connectivity index (χ4v) is 2.22. The van der Waals surface area contributed by atoms with Crippen LogP contribution in [0.2, 0.25) is 0 Å². The quantitative estimate of drug-likeness (QED) is 0.867. The van der Waals surface area contributed by atoms with E-state index in [-0.39, 0.29) is 18.3 Å². The number of hydrogen-bond donors (Lipinski definition) is 1. The van der Waals surface area contributed by atoms with Crippen LogP contribution < -0.4 is 0 Å². The maximum Gasteiger partial charge on any atom is 0.123 e. The number of hydrogen-bond acceptors (Lipinski definition) is 1. The first-order valence-electron chi connectivity index (χ1n) is 6.67. The van der Waals surface area contributed by atoms with Crippen LogP contribution in [0.1, 0.15) is 29.5 Å². The van der Waals surface area contributed by atoms with Gasteiger partial charge in [-0.15, -0.1) is 0 Å². The van der Waals surface area contributed by atoms with E-state index in [1.807, 2.05) is 0 Å². The maximum absolute atomic E-state index is 12.9. The highest BCUT2D eigenvalue weighted by atomic mass is 19.1. The van der Waals surface area contributed by atoms with Gasteiger partial charge in [0.25, 0.3) is 0 Å². The van der Waals surface area contributed by atoms with Gasteiger partial charge in [0.2, 0.25) is 0 Å². The summed E-state index contributed by atoms with van der Waals surface area (Å²) in [5, 5.41) is 9.55. The molecule has 0 radical (unpaired) electrons. The molecule has 0 saturated carbocycles. The third-order valence-electron chi connectivity index (χ3n) is 3.48. The van der Waals surface area contributed by atoms with E-state index in [0.29, 0.717) is 0 Å². The van der Waals surface area contributed by atoms with Crippen molar-refractivity contribution in [2.75, 3.05) is 6.61 Å². The van der Waals surface area contributed by atoms with Crippen LogP contribution in [0.3, 0.4) is 0 Å². The number of halogens is 1. The second-order valence-corrected chi connectivity index (χ2v) is 4.81. The van der Waals surface area contributed by atoms with Gasteiger partial charge in [0, 0.05) is 5.92 Å². The Kier molecular flexibility index (Phi) is 4.69. The van der Waals surface area contributed by atoms with Gasteiger partial charge in [-0.1, -0.05) is 43.3 Å². The zero-order valence-electron chi connectivity index (χ0n) is 11.1. The van der Waals surface area contributed by atoms with Crippen LogP contribution >= 0.6 is 0 Å². The average molecular weight is 258 g/mol. The molecule has 1 atom stereocenters. The van der Waals surface area contributed by atoms with Gasteiger partial charge in [0.15, 0.2) is 0 Å². The summed E-state index contributed by atoms with van der Waals surface area (Å²) >= 11 is 0. The number of benzene rings is 2. The minimum absolute atomic E-state index is 0.0661. The minimum atomic E-state index is -0.225. The number of aliphatic hydroxyl groups is 1. The molecule has 1 unspecified atom stereocenters. The van der Waals surface area contributed by atoms with Crippen molar-refractivity contribution in [1.82, 2.24) is 0 Å². The van der Waals surface area contributed by atoms with E-state index in [9.17, 15) is 9.50 Å². The zero-order valence-corrected chi connectivity index (χ0v) is 11.1. The van der Waals surface area contributed by atoms with Crippen molar-refractivity contribution >= 4 is 0 Å². The van der Waals surface area contributed by atoms with Gasteiger partial charge >= 0.3 is 0 Å². The second-order valence-electron chi connectivity index (χ2n) is 4.81. The van der Waals surface area contributed by atoms with Gasteiger partial charge in [0.05, 0.1) is 6.61 Å². The fourth-order valence-electron chi connectivity index (χ4n) is 2.22. The van der Waals surface area contributed by atoms with E-state index in [1.54, 1.807) is 12.1 Å². The lowest BCUT2D eigenvalue weighted by Gasteiger charge is -2.15. The molecule has 100 valence electrons. The number of aliphatic hydroxyl groups excluding tert-OH is 1. The van der Waals surface area contributed by atoms with Gasteiger partial charge in [-0.05, 0) is 41.7 Å². The van der Waals surface area contributed by atoms with E-state index in [0.717, 1.165) is 24.0 Å². The Hall–Kier alpha value is -1.67. The summed E-state index contributed by atoms with van der Waals surface area (Å²) in [7, 11) is 0. The standard InChI is InChI=1S/C17H19FO/c1-2-13-3-7-15(8-4-13)16(12-19)11-14-5-9-17(18)10-6-14/h3-10,16,19H,2,11-12H2,1H3. The third-order valence-corrected chi connectivity index (χ3v) is 3.48. The molecule has 0 aromatic heterocycles. The van der Waals surface area contributed by atoms with Crippen molar-refractivity contribution < 1.29 is 9.50 Å². The lowest BCUT2D eigenvalue weighted by Crippen LogP contribution is -2.08. The molecule has 0 aliphatic heterocycles. The highest BCUT2D eigenvalue weighted by molar-refractivity contribution is 5.28. The molecule has 1 nitrogen and oxygen atoms in total. The highest BCUT2D eigenvalue weighted by Gasteiger charge is 2.11. The molecule has 2 aromatic rings. The SMILES string of the molecule is CCc1ccc(C(CO)Cc2ccc(F)cc2)cc1. The Balaban J connectivity index is 2.12. The van der Waals surface area contributed by atoms with Gasteiger partial charge in [-0.3, -0.25) is 0 Å². The molecular formula is C17H19FO. The normalized spacial score (nSPS) is 12.4. The van der Waals surface area contributed by atoms with Crippen molar-refractivity contribution in [3.05, 3.63) is 71.0 Å². The fraction of sp³-hybridized carbons (Fsp3) is 0.294. The zero-order chi connectivity index (χ0) is 13.7. The molecular weight excluding hydrogens is 239 g/mol. The molecule has 19 heavy (non-hydrogen) atoms. The van der Waals surface area contributed by atoms with Gasteiger partial charge in [0.1, 0.15) is 5.82 Å². The molecule has 0 amide bonds. The van der Waals surface area contributed by atoms with E-state index >= 15 is 0 Å². The molecule has 2 heteroatoms. The molecule has 0 aliphatic carbocycles. The number of rotatable bonds is 5. The molecule has 0 fully saturated rings. The highest BCUT2D eigenvalue weighted by Crippen LogP contribution is 2.21. The molecule has 2 rings (SSSR count). The molecule has 0 bridgehead atoms. The van der Waals surface area contributed by atoms with Gasteiger partial charge in [-0.25, -0.2) is 4.39 Å². The van der Waals surface area contributed by atoms with Gasteiger partial charge < -0.3 is 5.11 Å². The van der Waals surface area contributed by atoms with E-state index in [2.05, 4.69) is 31.2 Å². The molecule has 0 saturated heterocycles. The van der Waals surface area contributed by atoms with Crippen LogP contribution in [0.4, 0.5) is 4.39 Å². The molecule has 1 N–H and O–H groups in total. The Labute approximate surface area is 113 Å². The third kappa shape index (κ3) is 3.65. The largest absolute Gasteiger partial charge is 0.396 e. The Morgan fingerprint density at radius 2 is 1.53 bits per heavy atom. The second kappa shape index (κ2) is 6.48. The first-order chi connectivity index (χ1) is 9.22. The van der Waals surface area contributed by atoms with Crippen LogP contribution in [0.25, 0.3) is 0 Å². The Morgan fingerprint density at radius 1 is 0.947 bits per heavy atom. The average Bonchev–Trinajstić information content (AvgIpc) is 2.47. The monoisotopic (exact) mass is 258 g/mol. The van der Waals surface area contributed by atoms with Crippen molar-refractivity contribution in [1.29, 1.82) is 0 Å². The van der Waals surface area contributed by atoms with Crippen molar-refractivity contribution in [2.24, 2.45) is 0 Å². The van der Waals surface area contributed by atoms with Crippen LogP contribution in [-0.2, 0) is 12.8 Å². The Morgan fingerprint density at radius 3 is 2.05 bits per heavy atom. The van der Waals surface area contributed by atoms with Crippen LogP contribution in [0.5, 0.6) is 0 Å². The lowest BCUT2D eigenvalue weighted by molar-refractivity contribution is 0.264. The minimum Gasteiger partial charge on any atom is -0.396 e. The molecule has 0 aliphatic rings. The molecule has 0 spiro atoms. The van der Waals surface area contributed by atoms with Crippen LogP contribution in [0.15, 0.2) is 48.5 Å². The molecule has 2 aromatic carbocycles. The maximum atomic E-state index is 12.9. The first-order valence-corrected chi connectivity index (χ1v) is 6.67. The predicted octanol–water partition coefficient (Wildman–Crippen LogP) is 3.71. The predicted molar refractivity (Wildman–Crippen MR) is 75.8 cm³/mol. The number of aryl methyl sites for hydroxylation is 1. The summed E-state index contributed by atoms with van der Waals surface area (Å²) in [6.45, 7) is 2.22. The first kappa shape index (κ1) is 13.8. The summed E-state index contributed by atoms with van der Waals surface area (Å²) in [6.07, 6.45) is 1.74. The summed E-state index contributed by atoms with van der Waals surface area (Å²) in [5.41, 5.74) is 3.46. The van der Waals surface area contributed by atoms with Gasteiger partial charge in [-0.2, -0.15) is 0 Å².